The molecule has 17 heavy (non-hydrogen) atoms. The van der Waals surface area contributed by atoms with Crippen LogP contribution in [-0.2, 0) is 9.47 Å². The Morgan fingerprint density at radius 3 is 2.35 bits per heavy atom. The topological polar surface area (TPSA) is 56.5 Å². The van der Waals surface area contributed by atoms with E-state index in [0.717, 1.165) is 11.3 Å². The van der Waals surface area contributed by atoms with Gasteiger partial charge in [-0.1, -0.05) is 18.2 Å². The number of rotatable bonds is 6. The average Bonchev–Trinajstić information content (AvgIpc) is 2.33. The number of methoxy groups -OCH3 is 2. The van der Waals surface area contributed by atoms with Crippen LogP contribution in [0.2, 0.25) is 0 Å². The molecule has 0 radical (unpaired) electrons. The lowest BCUT2D eigenvalue weighted by atomic mass is 10.0. The van der Waals surface area contributed by atoms with Crippen molar-refractivity contribution in [2.75, 3.05) is 26.1 Å². The highest BCUT2D eigenvalue weighted by Gasteiger charge is 2.33. The highest BCUT2D eigenvalue weighted by atomic mass is 16.7. The minimum Gasteiger partial charge on any atom is -0.374 e. The van der Waals surface area contributed by atoms with Crippen molar-refractivity contribution in [3.8, 4) is 0 Å². The molecule has 0 heterocycles. The first-order chi connectivity index (χ1) is 8.07. The third kappa shape index (κ3) is 3.19. The molecule has 0 amide bonds. The maximum atomic E-state index is 5.83. The van der Waals surface area contributed by atoms with Crippen LogP contribution in [0.1, 0.15) is 12.5 Å². The summed E-state index contributed by atoms with van der Waals surface area (Å²) in [6.07, 6.45) is -0.396. The molecule has 1 aromatic carbocycles. The van der Waals surface area contributed by atoms with Gasteiger partial charge in [-0.15, -0.1) is 0 Å². The highest BCUT2D eigenvalue weighted by Crippen LogP contribution is 2.22. The van der Waals surface area contributed by atoms with Crippen LogP contribution in [0.15, 0.2) is 24.3 Å². The quantitative estimate of drug-likeness (QED) is 0.741. The van der Waals surface area contributed by atoms with Gasteiger partial charge in [-0.2, -0.15) is 0 Å². The first-order valence-electron chi connectivity index (χ1n) is 5.67. The van der Waals surface area contributed by atoms with Crippen LogP contribution >= 0.6 is 0 Å². The Balaban J connectivity index is 2.92. The molecular weight excluding hydrogens is 216 g/mol. The summed E-state index contributed by atoms with van der Waals surface area (Å²) in [5.74, 6) is 0. The zero-order valence-corrected chi connectivity index (χ0v) is 11.0. The van der Waals surface area contributed by atoms with Crippen molar-refractivity contribution < 1.29 is 9.47 Å². The normalized spacial score (nSPS) is 14.7. The molecule has 0 aliphatic rings. The third-order valence-corrected chi connectivity index (χ3v) is 2.94. The van der Waals surface area contributed by atoms with Crippen molar-refractivity contribution in [2.45, 2.75) is 25.7 Å². The van der Waals surface area contributed by atoms with Crippen molar-refractivity contribution in [1.29, 1.82) is 0 Å². The fourth-order valence-corrected chi connectivity index (χ4v) is 1.84. The summed E-state index contributed by atoms with van der Waals surface area (Å²) in [4.78, 5) is 0. The molecule has 1 unspecified atom stereocenters. The van der Waals surface area contributed by atoms with Gasteiger partial charge in [0.2, 0.25) is 0 Å². The van der Waals surface area contributed by atoms with Gasteiger partial charge in [-0.3, -0.25) is 0 Å². The number of nitrogens with two attached hydrogens (primary N) is 1. The minimum atomic E-state index is -0.463. The van der Waals surface area contributed by atoms with E-state index in [1.54, 1.807) is 14.2 Å². The molecule has 0 saturated carbocycles. The van der Waals surface area contributed by atoms with Crippen molar-refractivity contribution >= 4 is 5.69 Å². The molecule has 0 spiro atoms. The molecule has 0 aromatic heterocycles. The van der Waals surface area contributed by atoms with Crippen molar-refractivity contribution in [1.82, 2.24) is 0 Å². The van der Waals surface area contributed by atoms with Crippen LogP contribution in [-0.4, -0.2) is 32.6 Å². The molecule has 0 fully saturated rings. The van der Waals surface area contributed by atoms with Gasteiger partial charge in [-0.05, 0) is 25.5 Å². The SMILES string of the molecule is COC(OC)C(C)(CN)Nc1ccccc1C. The summed E-state index contributed by atoms with van der Waals surface area (Å²) in [6.45, 7) is 4.44. The van der Waals surface area contributed by atoms with Crippen LogP contribution in [0, 0.1) is 6.92 Å². The Labute approximate surface area is 103 Å². The molecule has 3 N–H and O–H groups in total. The van der Waals surface area contributed by atoms with Gasteiger partial charge < -0.3 is 20.5 Å². The van der Waals surface area contributed by atoms with Gasteiger partial charge in [0, 0.05) is 26.5 Å². The van der Waals surface area contributed by atoms with Crippen molar-refractivity contribution in [3.05, 3.63) is 29.8 Å². The predicted octanol–water partition coefficient (Wildman–Crippen LogP) is 1.74. The Morgan fingerprint density at radius 1 is 1.29 bits per heavy atom. The van der Waals surface area contributed by atoms with Crippen LogP contribution in [0.5, 0.6) is 0 Å². The molecule has 0 aliphatic carbocycles. The number of ether oxygens (including phenoxy) is 2. The van der Waals surface area contributed by atoms with Crippen LogP contribution < -0.4 is 11.1 Å². The summed E-state index contributed by atoms with van der Waals surface area (Å²) in [7, 11) is 3.23. The Kier molecular flexibility index (Phi) is 4.93. The van der Waals surface area contributed by atoms with E-state index in [1.807, 2.05) is 38.1 Å². The van der Waals surface area contributed by atoms with Crippen molar-refractivity contribution in [2.24, 2.45) is 5.73 Å². The lowest BCUT2D eigenvalue weighted by Gasteiger charge is -2.36. The Bertz CT molecular complexity index is 353. The smallest absolute Gasteiger partial charge is 0.180 e. The molecule has 1 aromatic rings. The molecule has 1 rings (SSSR count). The zero-order chi connectivity index (χ0) is 12.9. The lowest BCUT2D eigenvalue weighted by Crippen LogP contribution is -2.54. The molecular formula is C13H22N2O2. The molecule has 0 bridgehead atoms. The number of benzene rings is 1. The van der Waals surface area contributed by atoms with E-state index in [1.165, 1.54) is 0 Å². The van der Waals surface area contributed by atoms with Gasteiger partial charge >= 0.3 is 0 Å². The summed E-state index contributed by atoms with van der Waals surface area (Å²) in [5, 5.41) is 3.40. The monoisotopic (exact) mass is 238 g/mol. The van der Waals surface area contributed by atoms with E-state index in [0.29, 0.717) is 6.54 Å². The zero-order valence-electron chi connectivity index (χ0n) is 11.0. The standard InChI is InChI=1S/C13H22N2O2/c1-10-7-5-6-8-11(10)15-13(2,9-14)12(16-3)17-4/h5-8,12,15H,9,14H2,1-4H3. The van der Waals surface area contributed by atoms with E-state index in [2.05, 4.69) is 5.32 Å². The van der Waals surface area contributed by atoms with E-state index < -0.39 is 11.8 Å². The summed E-state index contributed by atoms with van der Waals surface area (Å²) >= 11 is 0. The van der Waals surface area contributed by atoms with Gasteiger partial charge in [0.05, 0.1) is 5.54 Å². The Morgan fingerprint density at radius 2 is 1.88 bits per heavy atom. The van der Waals surface area contributed by atoms with E-state index >= 15 is 0 Å². The number of nitrogens with one attached hydrogen (secondary N) is 1. The number of para-hydroxylation sites is 1. The third-order valence-electron chi connectivity index (χ3n) is 2.94. The molecule has 1 atom stereocenters. The van der Waals surface area contributed by atoms with Gasteiger partial charge in [0.25, 0.3) is 0 Å². The molecule has 0 aliphatic heterocycles. The Hall–Kier alpha value is -1.10. The highest BCUT2D eigenvalue weighted by molar-refractivity contribution is 5.52. The van der Waals surface area contributed by atoms with Crippen LogP contribution in [0.3, 0.4) is 0 Å². The first kappa shape index (κ1) is 14.0. The van der Waals surface area contributed by atoms with Gasteiger partial charge in [-0.25, -0.2) is 0 Å². The second-order valence-corrected chi connectivity index (χ2v) is 4.36. The summed E-state index contributed by atoms with van der Waals surface area (Å²) in [5.41, 5.74) is 7.58. The fraction of sp³-hybridized carbons (Fsp3) is 0.538. The fourth-order valence-electron chi connectivity index (χ4n) is 1.84. The molecule has 0 saturated heterocycles. The van der Waals surface area contributed by atoms with Crippen LogP contribution in [0.4, 0.5) is 5.69 Å². The van der Waals surface area contributed by atoms with Gasteiger partial charge in [0.15, 0.2) is 6.29 Å². The molecule has 4 heteroatoms. The maximum absolute atomic E-state index is 5.83. The van der Waals surface area contributed by atoms with E-state index in [9.17, 15) is 0 Å². The first-order valence-corrected chi connectivity index (χ1v) is 5.67. The second kappa shape index (κ2) is 6.00. The molecule has 96 valence electrons. The van der Waals surface area contributed by atoms with Crippen molar-refractivity contribution in [3.63, 3.8) is 0 Å². The number of hydrogen-bond acceptors (Lipinski definition) is 4. The largest absolute Gasteiger partial charge is 0.374 e. The van der Waals surface area contributed by atoms with E-state index in [-0.39, 0.29) is 0 Å². The maximum Gasteiger partial charge on any atom is 0.180 e. The minimum absolute atomic E-state index is 0.396. The number of aryl methyl sites for hydroxylation is 1. The summed E-state index contributed by atoms with van der Waals surface area (Å²) < 4.78 is 10.6. The summed E-state index contributed by atoms with van der Waals surface area (Å²) in [6, 6.07) is 8.06. The van der Waals surface area contributed by atoms with E-state index in [4.69, 9.17) is 15.2 Å². The number of hydrogen-bond donors (Lipinski definition) is 2. The lowest BCUT2D eigenvalue weighted by molar-refractivity contribution is -0.134. The second-order valence-electron chi connectivity index (χ2n) is 4.36. The van der Waals surface area contributed by atoms with Crippen LogP contribution in [0.25, 0.3) is 0 Å². The number of anilines is 1. The molecule has 4 nitrogen and oxygen atoms in total. The predicted molar refractivity (Wildman–Crippen MR) is 70.1 cm³/mol. The average molecular weight is 238 g/mol. The van der Waals surface area contributed by atoms with Gasteiger partial charge in [0.1, 0.15) is 0 Å².